The van der Waals surface area contributed by atoms with E-state index in [1.165, 1.54) is 53.4 Å². The molecule has 4 fully saturated rings. The van der Waals surface area contributed by atoms with Gasteiger partial charge in [-0.15, -0.1) is 0 Å². The van der Waals surface area contributed by atoms with Crippen molar-refractivity contribution in [1.29, 1.82) is 0 Å². The Hall–Kier alpha value is -7.73. The number of carbonyl (C=O) groups is 9. The minimum absolute atomic E-state index is 0.0411. The topological polar surface area (TPSA) is 348 Å². The van der Waals surface area contributed by atoms with Crippen molar-refractivity contribution >= 4 is 92.5 Å². The fourth-order valence-corrected chi connectivity index (χ4v) is 13.1. The van der Waals surface area contributed by atoms with E-state index in [-0.39, 0.29) is 96.9 Å². The zero-order chi connectivity index (χ0) is 58.9. The molecule has 24 nitrogen and oxygen atoms in total. The van der Waals surface area contributed by atoms with Gasteiger partial charge in [0.15, 0.2) is 9.84 Å². The van der Waals surface area contributed by atoms with Gasteiger partial charge in [0.05, 0.1) is 16.3 Å². The summed E-state index contributed by atoms with van der Waals surface area (Å²) in [6.07, 6.45) is 6.32. The number of amides is 8. The Labute approximate surface area is 473 Å². The number of nitrogens with zero attached hydrogens (tertiary/aromatic N) is 4. The molecule has 4 aromatic rings. The lowest BCUT2D eigenvalue weighted by atomic mass is 9.78. The van der Waals surface area contributed by atoms with Crippen molar-refractivity contribution in [3.05, 3.63) is 102 Å². The van der Waals surface area contributed by atoms with Crippen molar-refractivity contribution in [1.82, 2.24) is 36.1 Å². The van der Waals surface area contributed by atoms with Crippen LogP contribution in [0.25, 0.3) is 10.9 Å². The molecule has 1 unspecified atom stereocenters. The van der Waals surface area contributed by atoms with E-state index in [9.17, 15) is 61.1 Å². The van der Waals surface area contributed by atoms with Gasteiger partial charge in [0.1, 0.15) is 35.7 Å². The molecule has 82 heavy (non-hydrogen) atoms. The van der Waals surface area contributed by atoms with Gasteiger partial charge in [0.2, 0.25) is 41.4 Å². The van der Waals surface area contributed by atoms with Crippen LogP contribution in [0.15, 0.2) is 84.0 Å². The second-order valence-corrected chi connectivity index (χ2v) is 25.6. The summed E-state index contributed by atoms with van der Waals surface area (Å²) in [7, 11) is -6.71. The molecule has 0 spiro atoms. The monoisotopic (exact) mass is 1170 g/mol. The number of anilines is 2. The van der Waals surface area contributed by atoms with Crippen LogP contribution < -0.4 is 36.8 Å². The Morgan fingerprint density at radius 2 is 1.57 bits per heavy atom. The first kappa shape index (κ1) is 58.9. The first-order valence-corrected chi connectivity index (χ1v) is 30.8. The number of rotatable bonds is 18. The van der Waals surface area contributed by atoms with Crippen LogP contribution in [0.4, 0.5) is 11.4 Å². The van der Waals surface area contributed by atoms with Crippen LogP contribution in [-0.2, 0) is 60.9 Å². The molecule has 8 amide bonds. The summed E-state index contributed by atoms with van der Waals surface area (Å²) >= 11 is 0. The minimum atomic E-state index is -5.13. The average molecular weight is 1170 g/mol. The van der Waals surface area contributed by atoms with E-state index < -0.39 is 82.7 Å². The summed E-state index contributed by atoms with van der Waals surface area (Å²) in [5, 5.41) is 10.9. The number of sulfone groups is 1. The Bertz CT molecular complexity index is 3430. The van der Waals surface area contributed by atoms with Crippen LogP contribution in [0.2, 0.25) is 0 Å². The average Bonchev–Trinajstić information content (AvgIpc) is 3.22. The second-order valence-electron chi connectivity index (χ2n) is 22.1. The molecule has 5 heterocycles. The third-order valence-corrected chi connectivity index (χ3v) is 18.4. The highest BCUT2D eigenvalue weighted by molar-refractivity contribution is 7.90. The fourth-order valence-electron chi connectivity index (χ4n) is 12.0. The van der Waals surface area contributed by atoms with Gasteiger partial charge in [-0.1, -0.05) is 24.8 Å². The molecule has 5 atom stereocenters. The van der Waals surface area contributed by atoms with Crippen LogP contribution in [0.1, 0.15) is 109 Å². The molecule has 5 aliphatic rings. The number of piperidine rings is 1. The standard InChI is InChI=1S/C56H67N10O14PS/c1-31-63(2)47-25-35(10-17-44(47)65(31)45-19-21-49(68)62-54(45)73)24-32-4-6-33(7-5-32)26-50(69)64-23-22-38-12-18-46(53(72)60-41(16-20-48(57)67)51(70)58-29-34-8-13-39(14-9-34)82(3,79)80)66(38)55(74)43(30-64)61-52(71)42-28-37-27-36(11-15-40(37)59-42)56(75)81(76,77)78/h8-11,13-15,17,25,27-28,32-33,38,41,43,45-46,59H,1,4-7,12,16,18-24,26,29-30H2,2-3H3,(H2,57,67)(H,58,70)(H,60,72)(H,61,71)(H,62,68,73)(H2,76,77,78)/t32?,33?,38-,41+,43+,45?,46+/m1/s1. The molecule has 3 aromatic carbocycles. The molecule has 0 radical (unpaired) electrons. The Balaban J connectivity index is 0.882. The number of aromatic amines is 1. The van der Waals surface area contributed by atoms with E-state index in [0.29, 0.717) is 42.1 Å². The lowest BCUT2D eigenvalue weighted by Gasteiger charge is -2.39. The van der Waals surface area contributed by atoms with Crippen LogP contribution in [-0.4, -0.2) is 142 Å². The molecular formula is C56H67N10O14PS. The largest absolute Gasteiger partial charge is 0.396 e. The van der Waals surface area contributed by atoms with Crippen molar-refractivity contribution in [3.8, 4) is 0 Å². The Morgan fingerprint density at radius 3 is 2.26 bits per heavy atom. The van der Waals surface area contributed by atoms with Gasteiger partial charge in [-0.25, -0.2) is 8.42 Å². The quantitative estimate of drug-likeness (QED) is 0.0524. The van der Waals surface area contributed by atoms with Crippen molar-refractivity contribution in [3.63, 3.8) is 0 Å². The molecule has 0 bridgehead atoms. The third-order valence-electron chi connectivity index (χ3n) is 16.5. The zero-order valence-electron chi connectivity index (χ0n) is 45.4. The van der Waals surface area contributed by atoms with E-state index in [1.54, 1.807) is 4.90 Å². The van der Waals surface area contributed by atoms with Crippen LogP contribution in [0.5, 0.6) is 0 Å². The maximum atomic E-state index is 15.0. The van der Waals surface area contributed by atoms with Crippen molar-refractivity contribution in [2.24, 2.45) is 17.6 Å². The maximum absolute atomic E-state index is 15.0. The number of nitrogens with two attached hydrogens (primary N) is 1. The van der Waals surface area contributed by atoms with Gasteiger partial charge in [0, 0.05) is 74.7 Å². The molecule has 26 heteroatoms. The molecular weight excluding hydrogens is 1100 g/mol. The molecule has 9 rings (SSSR count). The van der Waals surface area contributed by atoms with E-state index in [2.05, 4.69) is 45.0 Å². The number of primary amides is 1. The second kappa shape index (κ2) is 24.0. The molecule has 4 aliphatic heterocycles. The molecule has 9 N–H and O–H groups in total. The highest BCUT2D eigenvalue weighted by Gasteiger charge is 2.47. The summed E-state index contributed by atoms with van der Waals surface area (Å²) in [4.78, 5) is 150. The fraction of sp³-hybridized carbons (Fsp3) is 0.446. The van der Waals surface area contributed by atoms with Gasteiger partial charge in [-0.2, -0.15) is 0 Å². The maximum Gasteiger partial charge on any atom is 0.396 e. The Morgan fingerprint density at radius 1 is 0.866 bits per heavy atom. The van der Waals surface area contributed by atoms with Gasteiger partial charge in [-0.05, 0) is 136 Å². The SMILES string of the molecule is C=C1N(C)c2cc(CC3CCC(CC(=O)N4CC[C@H]5CC[C@@H](C(=O)N[C@@H](CCC(N)=O)C(=O)NCc6ccc(S(C)(=O)=O)cc6)N5C(=O)[C@@H](NC(=O)c5cc6cc(C(=O)P(=O)(O)O)ccc6[nH]5)C4)CC3)ccc2N1C1CCC(=O)NC1=O. The van der Waals surface area contributed by atoms with Crippen LogP contribution in [0.3, 0.4) is 0 Å². The number of nitrogens with one attached hydrogen (secondary N) is 5. The highest BCUT2D eigenvalue weighted by Crippen LogP contribution is 2.44. The number of imide groups is 1. The lowest BCUT2D eigenvalue weighted by molar-refractivity contribution is -0.146. The Kier molecular flexibility index (Phi) is 17.2. The van der Waals surface area contributed by atoms with Crippen molar-refractivity contribution in [2.75, 3.05) is 36.2 Å². The smallest absolute Gasteiger partial charge is 0.370 e. The minimum Gasteiger partial charge on any atom is -0.370 e. The van der Waals surface area contributed by atoms with E-state index >= 15 is 4.79 Å². The molecule has 1 aliphatic carbocycles. The van der Waals surface area contributed by atoms with Crippen molar-refractivity contribution < 1.29 is 65.9 Å². The van der Waals surface area contributed by atoms with E-state index in [4.69, 9.17) is 5.73 Å². The van der Waals surface area contributed by atoms with Gasteiger partial charge >= 0.3 is 7.60 Å². The van der Waals surface area contributed by atoms with E-state index in [1.807, 2.05) is 22.9 Å². The summed E-state index contributed by atoms with van der Waals surface area (Å²) in [5.41, 5.74) is 7.46. The van der Waals surface area contributed by atoms with Gasteiger partial charge in [0.25, 0.3) is 11.4 Å². The first-order chi connectivity index (χ1) is 38.8. The highest BCUT2D eigenvalue weighted by atomic mass is 32.2. The van der Waals surface area contributed by atoms with E-state index in [0.717, 1.165) is 55.3 Å². The third kappa shape index (κ3) is 13.1. The molecule has 1 saturated carbocycles. The van der Waals surface area contributed by atoms with Crippen LogP contribution >= 0.6 is 7.60 Å². The molecule has 436 valence electrons. The van der Waals surface area contributed by atoms with Crippen molar-refractivity contribution in [2.45, 2.75) is 125 Å². The van der Waals surface area contributed by atoms with Crippen LogP contribution in [0, 0.1) is 11.8 Å². The summed E-state index contributed by atoms with van der Waals surface area (Å²) < 4.78 is 35.7. The normalized spacial score (nSPS) is 22.6. The number of fused-ring (bicyclic) bond motifs is 3. The number of hydrogen-bond donors (Lipinski definition) is 8. The summed E-state index contributed by atoms with van der Waals surface area (Å²) in [5.74, 6) is -3.37. The predicted molar refractivity (Wildman–Crippen MR) is 299 cm³/mol. The first-order valence-electron chi connectivity index (χ1n) is 27.3. The molecule has 1 aromatic heterocycles. The predicted octanol–water partition coefficient (Wildman–Crippen LogP) is 2.62. The number of benzene rings is 3. The summed E-state index contributed by atoms with van der Waals surface area (Å²) in [6.45, 7) is 4.11. The number of carbonyl (C=O) groups excluding carboxylic acids is 9. The molecule has 3 saturated heterocycles. The summed E-state index contributed by atoms with van der Waals surface area (Å²) in [6, 6.07) is 12.2. The zero-order valence-corrected chi connectivity index (χ0v) is 47.1. The lowest BCUT2D eigenvalue weighted by Crippen LogP contribution is -2.62. The number of aromatic nitrogens is 1. The van der Waals surface area contributed by atoms with Gasteiger partial charge in [-0.3, -0.25) is 53.0 Å². The number of H-pyrrole nitrogens is 1. The number of hydrogen-bond acceptors (Lipinski definition) is 14. The van der Waals surface area contributed by atoms with Gasteiger partial charge < -0.3 is 56.1 Å².